The van der Waals surface area contributed by atoms with Gasteiger partial charge < -0.3 is 15.2 Å². The number of halogens is 1. The predicted octanol–water partition coefficient (Wildman–Crippen LogP) is 5.24. The lowest BCUT2D eigenvalue weighted by molar-refractivity contribution is -0.111. The SMILES string of the molecule is C=CC(=O)Nc1cc(-c2c(-c3cnn(CCN(C)C)c3)[nH]c3ncc(-c4cnn(C)c4C)c(C)c23)cc(F)c1C. The van der Waals surface area contributed by atoms with Crippen molar-refractivity contribution in [1.29, 1.82) is 0 Å². The van der Waals surface area contributed by atoms with Crippen LogP contribution in [0.2, 0.25) is 0 Å². The molecule has 5 aromatic rings. The number of nitrogens with one attached hydrogen (secondary N) is 2. The molecular weight excluding hydrogens is 507 g/mol. The van der Waals surface area contributed by atoms with Crippen molar-refractivity contribution in [2.45, 2.75) is 27.3 Å². The van der Waals surface area contributed by atoms with Gasteiger partial charge in [-0.1, -0.05) is 6.58 Å². The van der Waals surface area contributed by atoms with Crippen LogP contribution < -0.4 is 5.32 Å². The number of hydrogen-bond acceptors (Lipinski definition) is 5. The Morgan fingerprint density at radius 3 is 2.55 bits per heavy atom. The second kappa shape index (κ2) is 10.5. The first kappa shape index (κ1) is 27.0. The van der Waals surface area contributed by atoms with E-state index in [1.165, 1.54) is 12.1 Å². The fourth-order valence-electron chi connectivity index (χ4n) is 4.90. The number of aromatic amines is 1. The van der Waals surface area contributed by atoms with Crippen molar-refractivity contribution in [3.05, 3.63) is 72.2 Å². The summed E-state index contributed by atoms with van der Waals surface area (Å²) in [5.41, 5.74) is 8.33. The topological polar surface area (TPSA) is 96.7 Å². The summed E-state index contributed by atoms with van der Waals surface area (Å²) < 4.78 is 19.1. The van der Waals surface area contributed by atoms with Crippen molar-refractivity contribution in [3.8, 4) is 33.5 Å². The van der Waals surface area contributed by atoms with E-state index in [9.17, 15) is 4.79 Å². The molecule has 1 amide bonds. The first-order valence-electron chi connectivity index (χ1n) is 13.0. The molecule has 5 rings (SSSR count). The molecule has 0 bridgehead atoms. The van der Waals surface area contributed by atoms with Crippen molar-refractivity contribution in [2.24, 2.45) is 7.05 Å². The Balaban J connectivity index is 1.78. The molecule has 0 saturated carbocycles. The van der Waals surface area contributed by atoms with Crippen LogP contribution in [0.3, 0.4) is 0 Å². The van der Waals surface area contributed by atoms with Crippen LogP contribution in [0.4, 0.5) is 10.1 Å². The summed E-state index contributed by atoms with van der Waals surface area (Å²) in [6, 6.07) is 3.30. The number of H-pyrrole nitrogens is 1. The molecule has 0 fully saturated rings. The fourth-order valence-corrected chi connectivity index (χ4v) is 4.90. The van der Waals surface area contributed by atoms with Crippen molar-refractivity contribution >= 4 is 22.6 Å². The highest BCUT2D eigenvalue weighted by Crippen LogP contribution is 2.43. The van der Waals surface area contributed by atoms with Gasteiger partial charge in [0.1, 0.15) is 11.5 Å². The van der Waals surface area contributed by atoms with Crippen molar-refractivity contribution in [1.82, 2.24) is 34.4 Å². The van der Waals surface area contributed by atoms with Crippen LogP contribution in [-0.2, 0) is 18.4 Å². The Labute approximate surface area is 232 Å². The van der Waals surface area contributed by atoms with E-state index in [0.29, 0.717) is 22.5 Å². The number of nitrogens with zero attached hydrogens (tertiary/aromatic N) is 6. The number of rotatable bonds is 8. The van der Waals surface area contributed by atoms with E-state index in [-0.39, 0.29) is 0 Å². The van der Waals surface area contributed by atoms with Crippen molar-refractivity contribution in [2.75, 3.05) is 26.0 Å². The van der Waals surface area contributed by atoms with E-state index in [4.69, 9.17) is 4.98 Å². The minimum Gasteiger partial charge on any atom is -0.339 e. The molecule has 4 heterocycles. The molecule has 0 aliphatic heterocycles. The summed E-state index contributed by atoms with van der Waals surface area (Å²) in [5, 5.41) is 12.6. The molecule has 2 N–H and O–H groups in total. The van der Waals surface area contributed by atoms with Crippen LogP contribution in [0.15, 0.2) is 49.6 Å². The normalized spacial score (nSPS) is 11.5. The molecule has 40 heavy (non-hydrogen) atoms. The maximum atomic E-state index is 15.4. The van der Waals surface area contributed by atoms with E-state index in [1.807, 2.05) is 62.9 Å². The fraction of sp³-hybridized carbons (Fsp3) is 0.267. The van der Waals surface area contributed by atoms with Gasteiger partial charge >= 0.3 is 0 Å². The van der Waals surface area contributed by atoms with Gasteiger partial charge in [-0.05, 0) is 64.2 Å². The lowest BCUT2D eigenvalue weighted by atomic mass is 9.93. The first-order valence-corrected chi connectivity index (χ1v) is 13.0. The van der Waals surface area contributed by atoms with Crippen molar-refractivity contribution < 1.29 is 9.18 Å². The Hall–Kier alpha value is -4.57. The van der Waals surface area contributed by atoms with Gasteiger partial charge in [-0.2, -0.15) is 10.2 Å². The Kier molecular flexibility index (Phi) is 7.12. The summed E-state index contributed by atoms with van der Waals surface area (Å²) in [6.07, 6.45) is 8.62. The zero-order valence-electron chi connectivity index (χ0n) is 23.6. The number of fused-ring (bicyclic) bond motifs is 1. The molecule has 0 saturated heterocycles. The highest BCUT2D eigenvalue weighted by Gasteiger charge is 2.23. The zero-order valence-corrected chi connectivity index (χ0v) is 23.6. The summed E-state index contributed by atoms with van der Waals surface area (Å²) >= 11 is 0. The predicted molar refractivity (Wildman–Crippen MR) is 157 cm³/mol. The number of aromatic nitrogens is 6. The highest BCUT2D eigenvalue weighted by atomic mass is 19.1. The molecule has 0 unspecified atom stereocenters. The highest BCUT2D eigenvalue weighted by molar-refractivity contribution is 6.07. The molecule has 4 aromatic heterocycles. The number of anilines is 1. The van der Waals surface area contributed by atoms with Gasteiger partial charge in [0.15, 0.2) is 0 Å². The smallest absolute Gasteiger partial charge is 0.247 e. The quantitative estimate of drug-likeness (QED) is 0.262. The van der Waals surface area contributed by atoms with Gasteiger partial charge in [-0.25, -0.2) is 9.37 Å². The molecule has 0 spiro atoms. The first-order chi connectivity index (χ1) is 19.1. The van der Waals surface area contributed by atoms with Gasteiger partial charge in [0.2, 0.25) is 5.91 Å². The van der Waals surface area contributed by atoms with Crippen LogP contribution in [0.25, 0.3) is 44.5 Å². The monoisotopic (exact) mass is 540 g/mol. The van der Waals surface area contributed by atoms with E-state index in [0.717, 1.165) is 57.7 Å². The molecule has 0 radical (unpaired) electrons. The van der Waals surface area contributed by atoms with E-state index in [1.54, 1.807) is 19.2 Å². The number of carbonyl (C=O) groups excluding carboxylic acids is 1. The molecule has 0 aliphatic carbocycles. The molecule has 9 nitrogen and oxygen atoms in total. The van der Waals surface area contributed by atoms with Crippen LogP contribution in [0.5, 0.6) is 0 Å². The number of hydrogen-bond donors (Lipinski definition) is 2. The maximum Gasteiger partial charge on any atom is 0.247 e. The molecule has 0 atom stereocenters. The lowest BCUT2D eigenvalue weighted by Gasteiger charge is -2.13. The van der Waals surface area contributed by atoms with Crippen molar-refractivity contribution in [3.63, 3.8) is 0 Å². The molecular formula is C30H33FN8O. The minimum atomic E-state index is -0.427. The van der Waals surface area contributed by atoms with Gasteiger partial charge in [0.05, 0.1) is 24.6 Å². The largest absolute Gasteiger partial charge is 0.339 e. The average molecular weight is 541 g/mol. The second-order valence-corrected chi connectivity index (χ2v) is 10.3. The molecule has 1 aromatic carbocycles. The third-order valence-corrected chi connectivity index (χ3v) is 7.38. The van der Waals surface area contributed by atoms with Crippen LogP contribution in [0, 0.1) is 26.6 Å². The summed E-state index contributed by atoms with van der Waals surface area (Å²) in [7, 11) is 5.94. The number of benzene rings is 1. The van der Waals surface area contributed by atoms with Gasteiger partial charge in [-0.3, -0.25) is 14.2 Å². The summed E-state index contributed by atoms with van der Waals surface area (Å²) in [6.45, 7) is 10.8. The van der Waals surface area contributed by atoms with E-state index < -0.39 is 11.7 Å². The standard InChI is InChI=1S/C30H33FN8O/c1-8-26(40)35-25-12-20(11-24(31)18(25)3)28-27-17(2)22(23-15-33-38(7)19(23)4)14-32-30(27)36-29(28)21-13-34-39(16-21)10-9-37(5)6/h8,11-16H,1,9-10H2,2-7H3,(H,32,36)(H,35,40). The minimum absolute atomic E-state index is 0.346. The Morgan fingerprint density at radius 1 is 1.10 bits per heavy atom. The number of aryl methyl sites for hydroxylation is 2. The lowest BCUT2D eigenvalue weighted by Crippen LogP contribution is -2.18. The number of carbonyl (C=O) groups is 1. The molecule has 0 aliphatic rings. The molecule has 10 heteroatoms. The Morgan fingerprint density at radius 2 is 1.88 bits per heavy atom. The maximum absolute atomic E-state index is 15.4. The average Bonchev–Trinajstić information content (AvgIpc) is 3.63. The van der Waals surface area contributed by atoms with E-state index >= 15 is 4.39 Å². The van der Waals surface area contributed by atoms with E-state index in [2.05, 4.69) is 32.0 Å². The summed E-state index contributed by atoms with van der Waals surface area (Å²) in [5.74, 6) is -0.836. The number of likely N-dealkylation sites (N-methyl/N-ethyl adjacent to an activating group) is 1. The third kappa shape index (κ3) is 4.82. The Bertz CT molecular complexity index is 1760. The van der Waals surface area contributed by atoms with Gasteiger partial charge in [-0.15, -0.1) is 0 Å². The molecule has 206 valence electrons. The summed E-state index contributed by atoms with van der Waals surface area (Å²) in [4.78, 5) is 22.5. The third-order valence-electron chi connectivity index (χ3n) is 7.38. The zero-order chi connectivity index (χ0) is 28.7. The number of pyridine rings is 1. The van der Waals surface area contributed by atoms with Gasteiger partial charge in [0, 0.05) is 70.6 Å². The van der Waals surface area contributed by atoms with Crippen LogP contribution in [-0.4, -0.2) is 61.0 Å². The van der Waals surface area contributed by atoms with Gasteiger partial charge in [0.25, 0.3) is 0 Å². The number of amides is 1. The second-order valence-electron chi connectivity index (χ2n) is 10.3. The van der Waals surface area contributed by atoms with Crippen LogP contribution >= 0.6 is 0 Å². The van der Waals surface area contributed by atoms with Crippen LogP contribution in [0.1, 0.15) is 16.8 Å².